The van der Waals surface area contributed by atoms with Gasteiger partial charge in [-0.25, -0.2) is 13.6 Å². The van der Waals surface area contributed by atoms with Crippen molar-refractivity contribution in [2.75, 3.05) is 17.7 Å². The Morgan fingerprint density at radius 3 is 1.97 bits per heavy atom. The van der Waals surface area contributed by atoms with Crippen molar-refractivity contribution in [3.63, 3.8) is 0 Å². The van der Waals surface area contributed by atoms with E-state index < -0.39 is 41.3 Å². The number of anilines is 2. The molecule has 0 fully saturated rings. The number of alkyl halides is 7. The molecule has 3 amide bonds. The Balaban J connectivity index is 1.68. The molecule has 3 N–H and O–H groups in total. The van der Waals surface area contributed by atoms with E-state index in [0.717, 1.165) is 12.1 Å². The van der Waals surface area contributed by atoms with Crippen molar-refractivity contribution in [2.24, 2.45) is 0 Å². The minimum absolute atomic E-state index is 0.0119. The number of ether oxygens (including phenoxy) is 1. The Bertz CT molecular complexity index is 1310. The summed E-state index contributed by atoms with van der Waals surface area (Å²) in [6, 6.07) is 6.57. The summed E-state index contributed by atoms with van der Waals surface area (Å²) >= 11 is 0. The molecule has 0 atom stereocenters. The van der Waals surface area contributed by atoms with Crippen LogP contribution >= 0.6 is 0 Å². The van der Waals surface area contributed by atoms with Crippen molar-refractivity contribution in [3.8, 4) is 11.5 Å². The Kier molecular flexibility index (Phi) is 7.79. The number of carbonyl (C=O) groups excluding carboxylic acids is 2. The van der Waals surface area contributed by atoms with Crippen molar-refractivity contribution in [1.29, 1.82) is 0 Å². The van der Waals surface area contributed by atoms with Crippen molar-refractivity contribution < 1.29 is 49.4 Å². The van der Waals surface area contributed by atoms with Crippen LogP contribution in [0.1, 0.15) is 16.1 Å². The summed E-state index contributed by atoms with van der Waals surface area (Å²) in [6.07, 6.45) is -11.3. The van der Waals surface area contributed by atoms with E-state index in [1.807, 2.05) is 0 Å². The third-order valence-corrected chi connectivity index (χ3v) is 4.94. The lowest BCUT2D eigenvalue weighted by molar-refractivity contribution is -0.348. The minimum Gasteiger partial charge on any atom is -0.457 e. The molecular formula is C23H16F8N4O3. The quantitative estimate of drug-likeness (QED) is 0.315. The molecule has 202 valence electrons. The van der Waals surface area contributed by atoms with Crippen LogP contribution in [0.25, 0.3) is 0 Å². The molecule has 0 radical (unpaired) electrons. The fourth-order valence-corrected chi connectivity index (χ4v) is 3.08. The number of hydrogen-bond donors (Lipinski definition) is 3. The molecule has 1 heterocycles. The fraction of sp³-hybridized carbons (Fsp3) is 0.174. The highest BCUT2D eigenvalue weighted by Gasteiger charge is 2.73. The van der Waals surface area contributed by atoms with E-state index in [2.05, 4.69) is 20.9 Å². The number of hydrogen-bond acceptors (Lipinski definition) is 4. The van der Waals surface area contributed by atoms with Crippen molar-refractivity contribution in [3.05, 3.63) is 77.9 Å². The van der Waals surface area contributed by atoms with Crippen LogP contribution < -0.4 is 20.7 Å². The molecule has 0 saturated heterocycles. The van der Waals surface area contributed by atoms with Gasteiger partial charge in [-0.3, -0.25) is 9.78 Å². The largest absolute Gasteiger partial charge is 0.457 e. The van der Waals surface area contributed by atoms with Gasteiger partial charge in [0.15, 0.2) is 0 Å². The summed E-state index contributed by atoms with van der Waals surface area (Å²) in [6.45, 7) is 0. The number of benzene rings is 2. The van der Waals surface area contributed by atoms with Gasteiger partial charge in [-0.1, -0.05) is 12.1 Å². The van der Waals surface area contributed by atoms with Gasteiger partial charge >= 0.3 is 24.1 Å². The average molecular weight is 548 g/mol. The number of halogens is 8. The third-order valence-electron chi connectivity index (χ3n) is 4.94. The zero-order valence-electron chi connectivity index (χ0n) is 19.0. The molecule has 0 unspecified atom stereocenters. The van der Waals surface area contributed by atoms with Crippen LogP contribution in [0.5, 0.6) is 11.5 Å². The molecule has 2 aromatic carbocycles. The molecule has 0 aliphatic carbocycles. The molecule has 38 heavy (non-hydrogen) atoms. The van der Waals surface area contributed by atoms with E-state index in [1.165, 1.54) is 31.4 Å². The number of rotatable bonds is 6. The summed E-state index contributed by atoms with van der Waals surface area (Å²) in [5.41, 5.74) is -7.97. The zero-order valence-corrected chi connectivity index (χ0v) is 19.0. The summed E-state index contributed by atoms with van der Waals surface area (Å²) < 4.78 is 111. The second-order valence-corrected chi connectivity index (χ2v) is 7.51. The number of carbonyl (C=O) groups is 2. The summed E-state index contributed by atoms with van der Waals surface area (Å²) in [4.78, 5) is 27.6. The first kappa shape index (κ1) is 28.1. The lowest BCUT2D eigenvalue weighted by Crippen LogP contribution is -2.50. The molecule has 3 rings (SSSR count). The summed E-state index contributed by atoms with van der Waals surface area (Å²) in [5, 5.41) is 6.55. The van der Waals surface area contributed by atoms with Gasteiger partial charge in [-0.2, -0.15) is 26.3 Å². The maximum atomic E-state index is 14.5. The van der Waals surface area contributed by atoms with Gasteiger partial charge in [0.25, 0.3) is 5.91 Å². The molecule has 0 aliphatic rings. The molecule has 0 bridgehead atoms. The SMILES string of the molecule is CNC(=O)c1cc(Oc2ccc(NC(=O)Nc3ccc(C(F)(C(F)(F)F)C(F)(F)F)cc3)c(F)c2)ccn1. The van der Waals surface area contributed by atoms with Crippen LogP contribution in [-0.2, 0) is 5.67 Å². The highest BCUT2D eigenvalue weighted by Crippen LogP contribution is 2.53. The molecule has 3 aromatic rings. The normalized spacial score (nSPS) is 12.0. The van der Waals surface area contributed by atoms with Crippen LogP contribution in [0, 0.1) is 5.82 Å². The molecule has 0 spiro atoms. The number of nitrogens with zero attached hydrogens (tertiary/aromatic N) is 1. The number of amides is 3. The van der Waals surface area contributed by atoms with Gasteiger partial charge in [0.05, 0.1) is 5.69 Å². The Hall–Kier alpha value is -4.43. The minimum atomic E-state index is -6.28. The molecule has 1 aromatic heterocycles. The van der Waals surface area contributed by atoms with Crippen molar-refractivity contribution in [1.82, 2.24) is 10.3 Å². The molecule has 15 heteroatoms. The molecule has 0 saturated carbocycles. The van der Waals surface area contributed by atoms with Crippen LogP contribution in [0.15, 0.2) is 60.8 Å². The highest BCUT2D eigenvalue weighted by atomic mass is 19.4. The number of pyridine rings is 1. The van der Waals surface area contributed by atoms with Gasteiger partial charge in [0.2, 0.25) is 0 Å². The summed E-state index contributed by atoms with van der Waals surface area (Å²) in [5.74, 6) is -1.30. The monoisotopic (exact) mass is 548 g/mol. The summed E-state index contributed by atoms with van der Waals surface area (Å²) in [7, 11) is 1.40. The average Bonchev–Trinajstić information content (AvgIpc) is 2.84. The lowest BCUT2D eigenvalue weighted by atomic mass is 9.94. The first-order valence-corrected chi connectivity index (χ1v) is 10.3. The highest BCUT2D eigenvalue weighted by molar-refractivity contribution is 5.99. The Morgan fingerprint density at radius 2 is 1.42 bits per heavy atom. The Labute approximate surface area is 208 Å². The smallest absolute Gasteiger partial charge is 0.435 e. The topological polar surface area (TPSA) is 92.4 Å². The van der Waals surface area contributed by atoms with Gasteiger partial charge in [0.1, 0.15) is 23.0 Å². The van der Waals surface area contributed by atoms with E-state index in [4.69, 9.17) is 4.74 Å². The van der Waals surface area contributed by atoms with Crippen LogP contribution in [0.4, 0.5) is 51.3 Å². The van der Waals surface area contributed by atoms with E-state index >= 15 is 0 Å². The number of nitrogens with one attached hydrogen (secondary N) is 3. The predicted octanol–water partition coefficient (Wildman–Crippen LogP) is 6.31. The predicted molar refractivity (Wildman–Crippen MR) is 118 cm³/mol. The van der Waals surface area contributed by atoms with Gasteiger partial charge in [-0.15, -0.1) is 0 Å². The van der Waals surface area contributed by atoms with E-state index in [9.17, 15) is 44.7 Å². The van der Waals surface area contributed by atoms with Crippen LogP contribution in [-0.4, -0.2) is 36.3 Å². The number of urea groups is 1. The van der Waals surface area contributed by atoms with Gasteiger partial charge in [0, 0.05) is 36.6 Å². The number of aromatic nitrogens is 1. The first-order valence-electron chi connectivity index (χ1n) is 10.3. The third kappa shape index (κ3) is 5.92. The maximum Gasteiger partial charge on any atom is 0.435 e. The molecular weight excluding hydrogens is 532 g/mol. The molecule has 7 nitrogen and oxygen atoms in total. The van der Waals surface area contributed by atoms with Crippen molar-refractivity contribution >= 4 is 23.3 Å². The van der Waals surface area contributed by atoms with E-state index in [1.54, 1.807) is 0 Å². The Morgan fingerprint density at radius 1 is 0.816 bits per heavy atom. The second kappa shape index (κ2) is 10.5. The maximum absolute atomic E-state index is 14.5. The van der Waals surface area contributed by atoms with E-state index in [0.29, 0.717) is 12.1 Å². The molecule has 0 aliphatic heterocycles. The van der Waals surface area contributed by atoms with Crippen LogP contribution in [0.2, 0.25) is 0 Å². The fourth-order valence-electron chi connectivity index (χ4n) is 3.08. The van der Waals surface area contributed by atoms with E-state index in [-0.39, 0.29) is 40.7 Å². The first-order chi connectivity index (χ1) is 17.7. The standard InChI is InChI=1S/C23H16F8N4O3/c1-32-19(36)18-11-15(8-9-33-18)38-14-6-7-17(16(24)10-14)35-20(37)34-13-4-2-12(3-5-13)21(25,22(26,27)28)23(29,30)31/h2-11H,1H3,(H,32,36)(H2,34,35,37). The zero-order chi connectivity index (χ0) is 28.3. The second-order valence-electron chi connectivity index (χ2n) is 7.51. The van der Waals surface area contributed by atoms with Gasteiger partial charge in [-0.05, 0) is 30.3 Å². The van der Waals surface area contributed by atoms with Gasteiger partial charge < -0.3 is 20.7 Å². The van der Waals surface area contributed by atoms with Crippen molar-refractivity contribution in [2.45, 2.75) is 18.0 Å². The van der Waals surface area contributed by atoms with Crippen LogP contribution in [0.3, 0.4) is 0 Å². The lowest BCUT2D eigenvalue weighted by Gasteiger charge is -2.30.